The van der Waals surface area contributed by atoms with Gasteiger partial charge in [0, 0.05) is 6.04 Å². The zero-order valence-electron chi connectivity index (χ0n) is 6.93. The van der Waals surface area contributed by atoms with Gasteiger partial charge < -0.3 is 10.2 Å². The molecule has 1 heterocycles. The Morgan fingerprint density at radius 2 is 2.00 bits per heavy atom. The van der Waals surface area contributed by atoms with Crippen LogP contribution in [0.1, 0.15) is 13.3 Å². The molecular formula is C7H9NO5. The summed E-state index contributed by atoms with van der Waals surface area (Å²) in [6, 6.07) is -0.550. The van der Waals surface area contributed by atoms with E-state index in [4.69, 9.17) is 10.2 Å². The van der Waals surface area contributed by atoms with Crippen molar-refractivity contribution < 1.29 is 24.6 Å². The monoisotopic (exact) mass is 187 g/mol. The quantitative estimate of drug-likeness (QED) is 0.563. The minimum atomic E-state index is -1.39. The Labute approximate surface area is 73.8 Å². The van der Waals surface area contributed by atoms with E-state index in [0.29, 0.717) is 4.90 Å². The number of carboxylic acids is 1. The van der Waals surface area contributed by atoms with Crippen molar-refractivity contribution in [2.75, 3.05) is 0 Å². The molecule has 0 aromatic carbocycles. The Morgan fingerprint density at radius 3 is 2.23 bits per heavy atom. The third-order valence-corrected chi connectivity index (χ3v) is 2.06. The van der Waals surface area contributed by atoms with E-state index in [0.717, 1.165) is 0 Å². The number of likely N-dealkylation sites (tertiary alicyclic amines) is 1. The summed E-state index contributed by atoms with van der Waals surface area (Å²) >= 11 is 0. The molecule has 2 N–H and O–H groups in total. The molecule has 0 aliphatic carbocycles. The second kappa shape index (κ2) is 3.04. The Balaban J connectivity index is 2.87. The summed E-state index contributed by atoms with van der Waals surface area (Å²) in [6.45, 7) is 1.51. The Bertz CT molecular complexity index is 274. The number of nitrogens with zero attached hydrogens (tertiary/aromatic N) is 1. The first-order chi connectivity index (χ1) is 5.95. The summed E-state index contributed by atoms with van der Waals surface area (Å²) < 4.78 is 0. The number of aliphatic carboxylic acids is 1. The van der Waals surface area contributed by atoms with E-state index in [-0.39, 0.29) is 6.42 Å². The maximum atomic E-state index is 11.2. The molecule has 0 spiro atoms. The van der Waals surface area contributed by atoms with Crippen LogP contribution >= 0.6 is 0 Å². The van der Waals surface area contributed by atoms with E-state index >= 15 is 0 Å². The molecule has 1 saturated heterocycles. The molecule has 13 heavy (non-hydrogen) atoms. The molecule has 6 heteroatoms. The number of carbonyl (C=O) groups excluding carboxylic acids is 1. The van der Waals surface area contributed by atoms with Crippen LogP contribution in [-0.2, 0) is 9.59 Å². The SMILES string of the molecule is C[C@@H]1CC(C(=O)O)C(=O)N1C(=O)O. The van der Waals surface area contributed by atoms with E-state index < -0.39 is 29.9 Å². The third-order valence-electron chi connectivity index (χ3n) is 2.06. The van der Waals surface area contributed by atoms with Crippen LogP contribution in [0.15, 0.2) is 0 Å². The Kier molecular flexibility index (Phi) is 2.22. The summed E-state index contributed by atoms with van der Waals surface area (Å²) in [5, 5.41) is 17.1. The van der Waals surface area contributed by atoms with E-state index in [9.17, 15) is 14.4 Å². The van der Waals surface area contributed by atoms with Crippen molar-refractivity contribution >= 4 is 18.0 Å². The third kappa shape index (κ3) is 1.47. The van der Waals surface area contributed by atoms with E-state index in [1.165, 1.54) is 6.92 Å². The molecule has 0 aromatic rings. The smallest absolute Gasteiger partial charge is 0.414 e. The standard InChI is InChI=1S/C7H9NO5/c1-3-2-4(6(10)11)5(9)8(3)7(12)13/h3-4H,2H2,1H3,(H,10,11)(H,12,13)/t3-,4?/m1/s1. The maximum Gasteiger partial charge on any atom is 0.414 e. The van der Waals surface area contributed by atoms with Gasteiger partial charge in [0.1, 0.15) is 5.92 Å². The van der Waals surface area contributed by atoms with Gasteiger partial charge in [0.15, 0.2) is 0 Å². The van der Waals surface area contributed by atoms with Crippen LogP contribution in [0.5, 0.6) is 0 Å². The average Bonchev–Trinajstić information content (AvgIpc) is 2.26. The first kappa shape index (κ1) is 9.50. The van der Waals surface area contributed by atoms with Crippen LogP contribution in [0.2, 0.25) is 0 Å². The van der Waals surface area contributed by atoms with Crippen molar-refractivity contribution in [1.82, 2.24) is 4.90 Å². The highest BCUT2D eigenvalue weighted by Gasteiger charge is 2.44. The van der Waals surface area contributed by atoms with Crippen molar-refractivity contribution in [3.05, 3.63) is 0 Å². The Morgan fingerprint density at radius 1 is 1.46 bits per heavy atom. The Hall–Kier alpha value is -1.59. The second-order valence-electron chi connectivity index (χ2n) is 2.97. The summed E-state index contributed by atoms with van der Waals surface area (Å²) in [5.41, 5.74) is 0. The molecule has 0 radical (unpaired) electrons. The number of hydrogen-bond donors (Lipinski definition) is 2. The van der Waals surface area contributed by atoms with Crippen molar-refractivity contribution in [3.8, 4) is 0 Å². The van der Waals surface area contributed by atoms with Gasteiger partial charge in [-0.2, -0.15) is 0 Å². The fourth-order valence-corrected chi connectivity index (χ4v) is 1.42. The molecule has 1 aliphatic rings. The molecule has 6 nitrogen and oxygen atoms in total. The summed E-state index contributed by atoms with van der Waals surface area (Å²) in [4.78, 5) is 32.7. The highest BCUT2D eigenvalue weighted by Crippen LogP contribution is 2.24. The molecule has 1 fully saturated rings. The highest BCUT2D eigenvalue weighted by atomic mass is 16.4. The van der Waals surface area contributed by atoms with Crippen molar-refractivity contribution in [2.45, 2.75) is 19.4 Å². The lowest BCUT2D eigenvalue weighted by Crippen LogP contribution is -2.37. The van der Waals surface area contributed by atoms with E-state index in [1.54, 1.807) is 0 Å². The van der Waals surface area contributed by atoms with Crippen molar-refractivity contribution in [2.24, 2.45) is 5.92 Å². The minimum Gasteiger partial charge on any atom is -0.481 e. The van der Waals surface area contributed by atoms with Gasteiger partial charge in [-0.3, -0.25) is 9.59 Å². The lowest BCUT2D eigenvalue weighted by Gasteiger charge is -2.14. The first-order valence-corrected chi connectivity index (χ1v) is 3.74. The molecular weight excluding hydrogens is 178 g/mol. The van der Waals surface area contributed by atoms with Gasteiger partial charge in [-0.05, 0) is 13.3 Å². The van der Waals surface area contributed by atoms with Crippen LogP contribution < -0.4 is 0 Å². The maximum absolute atomic E-state index is 11.2. The fourth-order valence-electron chi connectivity index (χ4n) is 1.42. The van der Waals surface area contributed by atoms with E-state index in [1.807, 2.05) is 0 Å². The number of rotatable bonds is 1. The second-order valence-corrected chi connectivity index (χ2v) is 2.97. The van der Waals surface area contributed by atoms with Crippen LogP contribution in [-0.4, -0.2) is 39.1 Å². The van der Waals surface area contributed by atoms with E-state index in [2.05, 4.69) is 0 Å². The molecule has 0 saturated carbocycles. The average molecular weight is 187 g/mol. The van der Waals surface area contributed by atoms with Crippen LogP contribution in [0.3, 0.4) is 0 Å². The molecule has 72 valence electrons. The summed E-state index contributed by atoms with van der Waals surface area (Å²) in [6.07, 6.45) is -1.33. The number of carbonyl (C=O) groups is 3. The van der Waals surface area contributed by atoms with Gasteiger partial charge in [-0.25, -0.2) is 9.69 Å². The van der Waals surface area contributed by atoms with Crippen molar-refractivity contribution in [3.63, 3.8) is 0 Å². The normalized spacial score (nSPS) is 27.8. The van der Waals surface area contributed by atoms with Gasteiger partial charge in [0.25, 0.3) is 0 Å². The van der Waals surface area contributed by atoms with Gasteiger partial charge in [-0.15, -0.1) is 0 Å². The van der Waals surface area contributed by atoms with Gasteiger partial charge in [-0.1, -0.05) is 0 Å². The molecule has 0 bridgehead atoms. The van der Waals surface area contributed by atoms with Gasteiger partial charge in [0.2, 0.25) is 5.91 Å². The molecule has 1 aliphatic heterocycles. The molecule has 0 aromatic heterocycles. The number of imide groups is 1. The largest absolute Gasteiger partial charge is 0.481 e. The van der Waals surface area contributed by atoms with Crippen LogP contribution in [0.25, 0.3) is 0 Å². The zero-order valence-corrected chi connectivity index (χ0v) is 6.93. The first-order valence-electron chi connectivity index (χ1n) is 3.74. The molecule has 1 unspecified atom stereocenters. The van der Waals surface area contributed by atoms with Crippen LogP contribution in [0.4, 0.5) is 4.79 Å². The number of amides is 2. The lowest BCUT2D eigenvalue weighted by molar-refractivity contribution is -0.146. The van der Waals surface area contributed by atoms with Crippen molar-refractivity contribution in [1.29, 1.82) is 0 Å². The number of carboxylic acid groups (broad SMARTS) is 2. The fraction of sp³-hybridized carbons (Fsp3) is 0.571. The van der Waals surface area contributed by atoms with Gasteiger partial charge >= 0.3 is 12.1 Å². The van der Waals surface area contributed by atoms with Gasteiger partial charge in [0.05, 0.1) is 0 Å². The van der Waals surface area contributed by atoms with Crippen LogP contribution in [0, 0.1) is 5.92 Å². The topological polar surface area (TPSA) is 94.9 Å². The molecule has 2 atom stereocenters. The summed E-state index contributed by atoms with van der Waals surface area (Å²) in [5.74, 6) is -3.31. The minimum absolute atomic E-state index is 0.0560. The predicted molar refractivity (Wildman–Crippen MR) is 40.1 cm³/mol. The summed E-state index contributed by atoms with van der Waals surface area (Å²) in [7, 11) is 0. The zero-order chi connectivity index (χ0) is 10.2. The number of hydrogen-bond acceptors (Lipinski definition) is 3. The molecule has 2 amide bonds. The predicted octanol–water partition coefficient (Wildman–Crippen LogP) is -0.0140. The highest BCUT2D eigenvalue weighted by molar-refractivity contribution is 6.04. The lowest BCUT2D eigenvalue weighted by atomic mass is 10.1. The molecule has 1 rings (SSSR count).